The Labute approximate surface area is 121 Å². The number of hydrogen-bond acceptors (Lipinski definition) is 3. The molecule has 2 aromatic rings. The minimum absolute atomic E-state index is 0.0405. The van der Waals surface area contributed by atoms with Crippen LogP contribution in [0.1, 0.15) is 26.3 Å². The summed E-state index contributed by atoms with van der Waals surface area (Å²) in [7, 11) is 1.40. The fourth-order valence-electron chi connectivity index (χ4n) is 2.57. The molecule has 0 bridgehead atoms. The molecule has 0 atom stereocenters. The molecule has 0 unspecified atom stereocenters. The van der Waals surface area contributed by atoms with Gasteiger partial charge in [0.05, 0.1) is 19.3 Å². The van der Waals surface area contributed by atoms with E-state index in [4.69, 9.17) is 4.74 Å². The van der Waals surface area contributed by atoms with Gasteiger partial charge in [0.15, 0.2) is 5.75 Å². The minimum Gasteiger partial charge on any atom is -0.494 e. The van der Waals surface area contributed by atoms with Crippen LogP contribution in [-0.4, -0.2) is 24.1 Å². The third kappa shape index (κ3) is 2.03. The Bertz CT molecular complexity index is 739. The lowest BCUT2D eigenvalue weighted by molar-refractivity contribution is 0.0693. The van der Waals surface area contributed by atoms with Crippen LogP contribution in [0.5, 0.6) is 5.75 Å². The topological polar surface area (TPSA) is 66.8 Å². The van der Waals surface area contributed by atoms with E-state index in [9.17, 15) is 14.7 Å². The third-order valence-electron chi connectivity index (χ3n) is 3.54. The Morgan fingerprint density at radius 2 is 1.95 bits per heavy atom. The van der Waals surface area contributed by atoms with Gasteiger partial charge in [-0.25, -0.2) is 4.79 Å². The first kappa shape index (κ1) is 13.2. The maximum Gasteiger partial charge on any atom is 0.339 e. The molecule has 106 valence electrons. The standard InChI is InChI=1S/C16H13NO4/c1-21-14-12(16(19)20)7-4-8-13(14)17-9-10-5-2-3-6-11(10)15(17)18/h2-8H,9H2,1H3,(H,19,20). The van der Waals surface area contributed by atoms with E-state index >= 15 is 0 Å². The van der Waals surface area contributed by atoms with Crippen molar-refractivity contribution in [2.75, 3.05) is 12.0 Å². The summed E-state index contributed by atoms with van der Waals surface area (Å²) in [4.78, 5) is 25.3. The van der Waals surface area contributed by atoms with Crippen LogP contribution in [0.15, 0.2) is 42.5 Å². The predicted octanol–water partition coefficient (Wildman–Crippen LogP) is 2.55. The van der Waals surface area contributed by atoms with Crippen molar-refractivity contribution < 1.29 is 19.4 Å². The molecule has 3 rings (SSSR count). The van der Waals surface area contributed by atoms with Gasteiger partial charge in [0.1, 0.15) is 5.56 Å². The number of para-hydroxylation sites is 1. The largest absolute Gasteiger partial charge is 0.494 e. The van der Waals surface area contributed by atoms with Crippen molar-refractivity contribution in [1.82, 2.24) is 0 Å². The molecule has 1 aliphatic rings. The van der Waals surface area contributed by atoms with E-state index in [1.165, 1.54) is 18.1 Å². The first-order chi connectivity index (χ1) is 10.1. The zero-order chi connectivity index (χ0) is 15.0. The molecule has 0 saturated heterocycles. The van der Waals surface area contributed by atoms with Gasteiger partial charge in [-0.2, -0.15) is 0 Å². The molecule has 1 heterocycles. The predicted molar refractivity (Wildman–Crippen MR) is 76.9 cm³/mol. The van der Waals surface area contributed by atoms with Gasteiger partial charge in [-0.05, 0) is 23.8 Å². The van der Waals surface area contributed by atoms with Crippen molar-refractivity contribution in [1.29, 1.82) is 0 Å². The molecule has 0 radical (unpaired) electrons. The van der Waals surface area contributed by atoms with Crippen LogP contribution in [0.3, 0.4) is 0 Å². The number of ether oxygens (including phenoxy) is 1. The molecule has 21 heavy (non-hydrogen) atoms. The van der Waals surface area contributed by atoms with Crippen LogP contribution in [0, 0.1) is 0 Å². The lowest BCUT2D eigenvalue weighted by atomic mass is 10.1. The van der Waals surface area contributed by atoms with Gasteiger partial charge in [0, 0.05) is 5.56 Å². The summed E-state index contributed by atoms with van der Waals surface area (Å²) in [5, 5.41) is 9.22. The highest BCUT2D eigenvalue weighted by molar-refractivity contribution is 6.11. The Kier molecular flexibility index (Phi) is 3.10. The Morgan fingerprint density at radius 1 is 1.19 bits per heavy atom. The average molecular weight is 283 g/mol. The number of aromatic carboxylic acids is 1. The number of carboxylic acids is 1. The summed E-state index contributed by atoms with van der Waals surface area (Å²) >= 11 is 0. The van der Waals surface area contributed by atoms with Crippen LogP contribution in [-0.2, 0) is 6.54 Å². The zero-order valence-electron chi connectivity index (χ0n) is 11.4. The first-order valence-electron chi connectivity index (χ1n) is 6.43. The second-order valence-corrected chi connectivity index (χ2v) is 4.71. The van der Waals surface area contributed by atoms with Gasteiger partial charge in [-0.15, -0.1) is 0 Å². The summed E-state index contributed by atoms with van der Waals surface area (Å²) < 4.78 is 5.22. The molecule has 1 N–H and O–H groups in total. The monoisotopic (exact) mass is 283 g/mol. The average Bonchev–Trinajstić information content (AvgIpc) is 2.83. The van der Waals surface area contributed by atoms with E-state index in [1.807, 2.05) is 18.2 Å². The molecular formula is C16H13NO4. The van der Waals surface area contributed by atoms with Crippen molar-refractivity contribution in [3.8, 4) is 5.75 Å². The quantitative estimate of drug-likeness (QED) is 0.940. The van der Waals surface area contributed by atoms with Crippen LogP contribution in [0.2, 0.25) is 0 Å². The number of carbonyl (C=O) groups excluding carboxylic acids is 1. The van der Waals surface area contributed by atoms with E-state index in [0.29, 0.717) is 17.8 Å². The fourth-order valence-corrected chi connectivity index (χ4v) is 2.57. The Morgan fingerprint density at radius 3 is 2.62 bits per heavy atom. The molecule has 1 amide bonds. The van der Waals surface area contributed by atoms with Gasteiger partial charge in [-0.1, -0.05) is 24.3 Å². The number of fused-ring (bicyclic) bond motifs is 1. The molecule has 5 nitrogen and oxygen atoms in total. The molecule has 0 saturated carbocycles. The minimum atomic E-state index is -1.09. The Hall–Kier alpha value is -2.82. The van der Waals surface area contributed by atoms with Crippen LogP contribution in [0.4, 0.5) is 5.69 Å². The molecule has 0 aliphatic carbocycles. The van der Waals surface area contributed by atoms with Crippen LogP contribution < -0.4 is 9.64 Å². The van der Waals surface area contributed by atoms with Crippen LogP contribution >= 0.6 is 0 Å². The summed E-state index contributed by atoms with van der Waals surface area (Å²) in [6, 6.07) is 12.1. The summed E-state index contributed by atoms with van der Waals surface area (Å²) in [6.45, 7) is 0.411. The summed E-state index contributed by atoms with van der Waals surface area (Å²) in [6.07, 6.45) is 0. The molecular weight excluding hydrogens is 270 g/mol. The van der Waals surface area contributed by atoms with E-state index in [1.54, 1.807) is 18.2 Å². The number of carbonyl (C=O) groups is 2. The number of hydrogen-bond donors (Lipinski definition) is 1. The van der Waals surface area contributed by atoms with Gasteiger partial charge >= 0.3 is 5.97 Å². The maximum atomic E-state index is 12.5. The first-order valence-corrected chi connectivity index (χ1v) is 6.43. The summed E-state index contributed by atoms with van der Waals surface area (Å²) in [5.41, 5.74) is 2.07. The number of carboxylic acid groups (broad SMARTS) is 1. The smallest absolute Gasteiger partial charge is 0.339 e. The summed E-state index contributed by atoms with van der Waals surface area (Å²) in [5.74, 6) is -1.03. The maximum absolute atomic E-state index is 12.5. The Balaban J connectivity index is 2.09. The van der Waals surface area contributed by atoms with E-state index in [-0.39, 0.29) is 17.2 Å². The highest BCUT2D eigenvalue weighted by Gasteiger charge is 2.31. The van der Waals surface area contributed by atoms with Gasteiger partial charge < -0.3 is 14.7 Å². The lowest BCUT2D eigenvalue weighted by Gasteiger charge is -2.20. The molecule has 0 spiro atoms. The second kappa shape index (κ2) is 4.94. The van der Waals surface area contributed by atoms with Crippen LogP contribution in [0.25, 0.3) is 0 Å². The molecule has 2 aromatic carbocycles. The number of amides is 1. The van der Waals surface area contributed by atoms with Crippen molar-refractivity contribution in [2.45, 2.75) is 6.54 Å². The lowest BCUT2D eigenvalue weighted by Crippen LogP contribution is -2.24. The number of nitrogens with zero attached hydrogens (tertiary/aromatic N) is 1. The van der Waals surface area contributed by atoms with Gasteiger partial charge in [-0.3, -0.25) is 4.79 Å². The van der Waals surface area contributed by atoms with Crippen molar-refractivity contribution in [3.63, 3.8) is 0 Å². The number of anilines is 1. The van der Waals surface area contributed by atoms with Gasteiger partial charge in [0.25, 0.3) is 5.91 Å². The van der Waals surface area contributed by atoms with E-state index in [2.05, 4.69) is 0 Å². The number of methoxy groups -OCH3 is 1. The fraction of sp³-hybridized carbons (Fsp3) is 0.125. The number of benzene rings is 2. The van der Waals surface area contributed by atoms with Gasteiger partial charge in [0.2, 0.25) is 0 Å². The van der Waals surface area contributed by atoms with E-state index in [0.717, 1.165) is 5.56 Å². The molecule has 0 aromatic heterocycles. The van der Waals surface area contributed by atoms with Crippen molar-refractivity contribution in [2.24, 2.45) is 0 Å². The molecule has 0 fully saturated rings. The zero-order valence-corrected chi connectivity index (χ0v) is 11.4. The SMILES string of the molecule is COc1c(C(=O)O)cccc1N1Cc2ccccc2C1=O. The highest BCUT2D eigenvalue weighted by atomic mass is 16.5. The molecule has 5 heteroatoms. The number of rotatable bonds is 3. The second-order valence-electron chi connectivity index (χ2n) is 4.71. The van der Waals surface area contributed by atoms with Crippen molar-refractivity contribution >= 4 is 17.6 Å². The van der Waals surface area contributed by atoms with E-state index < -0.39 is 5.97 Å². The van der Waals surface area contributed by atoms with Crippen molar-refractivity contribution in [3.05, 3.63) is 59.2 Å². The normalized spacial score (nSPS) is 13.2. The molecule has 1 aliphatic heterocycles. The highest BCUT2D eigenvalue weighted by Crippen LogP contribution is 2.36. The third-order valence-corrected chi connectivity index (χ3v) is 3.54.